The van der Waals surface area contributed by atoms with Crippen LogP contribution in [0.25, 0.3) is 10.2 Å². The summed E-state index contributed by atoms with van der Waals surface area (Å²) in [7, 11) is 0. The number of aryl methyl sites for hydroxylation is 2. The first-order valence-corrected chi connectivity index (χ1v) is 11.0. The first kappa shape index (κ1) is 24.7. The quantitative estimate of drug-likeness (QED) is 0.306. The first-order chi connectivity index (χ1) is 15.3. The number of amides is 1. The van der Waals surface area contributed by atoms with Crippen LogP contribution in [-0.2, 0) is 19.1 Å². The molecule has 0 aliphatic heterocycles. The Kier molecular flexibility index (Phi) is 7.76. The molecule has 4 rings (SSSR count). The van der Waals surface area contributed by atoms with Gasteiger partial charge in [-0.2, -0.15) is 13.2 Å². The van der Waals surface area contributed by atoms with Crippen molar-refractivity contribution in [3.8, 4) is 0 Å². The fourth-order valence-electron chi connectivity index (χ4n) is 3.39. The number of carbonyl (C=O) groups is 1. The summed E-state index contributed by atoms with van der Waals surface area (Å²) < 4.78 is 42.4. The van der Waals surface area contributed by atoms with Gasteiger partial charge in [-0.3, -0.25) is 9.69 Å². The molecule has 4 aromatic rings. The van der Waals surface area contributed by atoms with Crippen LogP contribution in [-0.4, -0.2) is 27.0 Å². The van der Waals surface area contributed by atoms with Gasteiger partial charge in [0.05, 0.1) is 22.1 Å². The van der Waals surface area contributed by atoms with Crippen LogP contribution in [0.3, 0.4) is 0 Å². The maximum atomic E-state index is 13.3. The van der Waals surface area contributed by atoms with E-state index >= 15 is 0 Å². The molecular formula is C23H22ClF3N4OS. The fraction of sp³-hybridized carbons (Fsp3) is 0.261. The molecule has 0 bridgehead atoms. The van der Waals surface area contributed by atoms with Crippen molar-refractivity contribution in [2.45, 2.75) is 32.5 Å². The molecule has 5 nitrogen and oxygen atoms in total. The predicted molar refractivity (Wildman–Crippen MR) is 126 cm³/mol. The summed E-state index contributed by atoms with van der Waals surface area (Å²) in [4.78, 5) is 23.4. The summed E-state index contributed by atoms with van der Waals surface area (Å²) in [6.07, 6.45) is 2.13. The molecule has 0 radical (unpaired) electrons. The minimum atomic E-state index is -4.52. The number of fused-ring (bicyclic) bond motifs is 1. The van der Waals surface area contributed by atoms with Crippen molar-refractivity contribution < 1.29 is 18.0 Å². The van der Waals surface area contributed by atoms with Crippen molar-refractivity contribution in [2.24, 2.45) is 0 Å². The average molecular weight is 495 g/mol. The van der Waals surface area contributed by atoms with Gasteiger partial charge in [0.2, 0.25) is 0 Å². The maximum Gasteiger partial charge on any atom is 0.416 e. The molecule has 0 aliphatic rings. The minimum Gasteiger partial charge on any atom is -0.337 e. The van der Waals surface area contributed by atoms with Crippen LogP contribution in [0.5, 0.6) is 0 Å². The van der Waals surface area contributed by atoms with Gasteiger partial charge in [-0.15, -0.1) is 12.4 Å². The van der Waals surface area contributed by atoms with Gasteiger partial charge in [-0.25, -0.2) is 9.97 Å². The van der Waals surface area contributed by atoms with E-state index in [-0.39, 0.29) is 18.0 Å². The Bertz CT molecular complexity index is 1220. The van der Waals surface area contributed by atoms with Crippen LogP contribution in [0.15, 0.2) is 61.2 Å². The zero-order valence-electron chi connectivity index (χ0n) is 17.7. The maximum absolute atomic E-state index is 13.3. The summed E-state index contributed by atoms with van der Waals surface area (Å²) in [5, 5.41) is 0.473. The third-order valence-electron chi connectivity index (χ3n) is 5.12. The standard InChI is InChI=1S/C23H21F3N4OS.ClH/c1-2-16-7-8-19-20(13-16)32-22(28-19)30(11-4-10-29-12-9-27-15-29)21(31)17-5-3-6-18(14-17)23(24,25)26;/h3,5-9,12-15H,2,4,10-11H2,1H3;1H. The zero-order chi connectivity index (χ0) is 22.7. The molecule has 0 spiro atoms. The molecule has 0 saturated carbocycles. The van der Waals surface area contributed by atoms with Crippen LogP contribution in [0.4, 0.5) is 18.3 Å². The summed E-state index contributed by atoms with van der Waals surface area (Å²) >= 11 is 1.37. The number of rotatable bonds is 7. The fourth-order valence-corrected chi connectivity index (χ4v) is 4.44. The molecule has 174 valence electrons. The lowest BCUT2D eigenvalue weighted by molar-refractivity contribution is -0.137. The third kappa shape index (κ3) is 5.72. The second-order valence-electron chi connectivity index (χ2n) is 7.34. The number of hydrogen-bond donors (Lipinski definition) is 0. The highest BCUT2D eigenvalue weighted by Crippen LogP contribution is 2.33. The third-order valence-corrected chi connectivity index (χ3v) is 6.16. The molecule has 0 atom stereocenters. The first-order valence-electron chi connectivity index (χ1n) is 10.2. The molecule has 33 heavy (non-hydrogen) atoms. The van der Waals surface area contributed by atoms with Gasteiger partial charge >= 0.3 is 6.18 Å². The largest absolute Gasteiger partial charge is 0.416 e. The highest BCUT2D eigenvalue weighted by Gasteiger charge is 2.31. The number of carbonyl (C=O) groups excluding carboxylic acids is 1. The lowest BCUT2D eigenvalue weighted by atomic mass is 10.1. The van der Waals surface area contributed by atoms with Crippen molar-refractivity contribution in [1.82, 2.24) is 14.5 Å². The average Bonchev–Trinajstić information content (AvgIpc) is 3.45. The minimum absolute atomic E-state index is 0. The Balaban J connectivity index is 0.00000306. The summed E-state index contributed by atoms with van der Waals surface area (Å²) in [5.74, 6) is -0.503. The number of alkyl halides is 3. The Morgan fingerprint density at radius 1 is 1.18 bits per heavy atom. The Hall–Kier alpha value is -2.91. The lowest BCUT2D eigenvalue weighted by Crippen LogP contribution is -2.32. The number of aromatic nitrogens is 3. The van der Waals surface area contributed by atoms with Gasteiger partial charge in [0.1, 0.15) is 0 Å². The van der Waals surface area contributed by atoms with Gasteiger partial charge in [0.15, 0.2) is 5.13 Å². The highest BCUT2D eigenvalue weighted by atomic mass is 35.5. The Morgan fingerprint density at radius 2 is 2.00 bits per heavy atom. The number of nitrogens with zero attached hydrogens (tertiary/aromatic N) is 4. The van der Waals surface area contributed by atoms with Crippen LogP contribution >= 0.6 is 23.7 Å². The molecule has 2 aromatic heterocycles. The summed E-state index contributed by atoms with van der Waals surface area (Å²) in [6, 6.07) is 10.5. The smallest absolute Gasteiger partial charge is 0.337 e. The molecule has 10 heteroatoms. The van der Waals surface area contributed by atoms with E-state index in [4.69, 9.17) is 0 Å². The van der Waals surface area contributed by atoms with E-state index in [1.165, 1.54) is 28.4 Å². The van der Waals surface area contributed by atoms with Gasteiger partial charge in [-0.05, 0) is 48.7 Å². The molecule has 0 unspecified atom stereocenters. The molecule has 2 heterocycles. The van der Waals surface area contributed by atoms with E-state index in [0.29, 0.717) is 24.6 Å². The van der Waals surface area contributed by atoms with Crippen LogP contribution in [0.2, 0.25) is 0 Å². The van der Waals surface area contributed by atoms with E-state index in [1.807, 2.05) is 29.0 Å². The van der Waals surface area contributed by atoms with Crippen molar-refractivity contribution >= 4 is 45.0 Å². The van der Waals surface area contributed by atoms with E-state index in [1.54, 1.807) is 12.5 Å². The van der Waals surface area contributed by atoms with E-state index in [0.717, 1.165) is 34.3 Å². The van der Waals surface area contributed by atoms with Gasteiger partial charge in [0, 0.05) is 31.0 Å². The Morgan fingerprint density at radius 3 is 2.70 bits per heavy atom. The SMILES string of the molecule is CCc1ccc2nc(N(CCCn3ccnc3)C(=O)c3cccc(C(F)(F)F)c3)sc2c1.Cl. The molecule has 0 fully saturated rings. The van der Waals surface area contributed by atoms with Crippen molar-refractivity contribution in [3.63, 3.8) is 0 Å². The van der Waals surface area contributed by atoms with Crippen LogP contribution in [0, 0.1) is 0 Å². The number of thiazole rings is 1. The second kappa shape index (κ2) is 10.4. The molecule has 0 N–H and O–H groups in total. The van der Waals surface area contributed by atoms with Gasteiger partial charge in [-0.1, -0.05) is 30.4 Å². The lowest BCUT2D eigenvalue weighted by Gasteiger charge is -2.20. The molecule has 0 saturated heterocycles. The van der Waals surface area contributed by atoms with E-state index in [9.17, 15) is 18.0 Å². The Labute approximate surface area is 199 Å². The summed E-state index contributed by atoms with van der Waals surface area (Å²) in [6.45, 7) is 2.99. The van der Waals surface area contributed by atoms with Crippen molar-refractivity contribution in [3.05, 3.63) is 77.9 Å². The summed E-state index contributed by atoms with van der Waals surface area (Å²) in [5.41, 5.74) is 1.05. The van der Waals surface area contributed by atoms with E-state index < -0.39 is 17.6 Å². The molecular weight excluding hydrogens is 473 g/mol. The molecule has 0 aliphatic carbocycles. The zero-order valence-corrected chi connectivity index (χ0v) is 19.4. The second-order valence-corrected chi connectivity index (χ2v) is 8.35. The van der Waals surface area contributed by atoms with Gasteiger partial charge in [0.25, 0.3) is 5.91 Å². The van der Waals surface area contributed by atoms with E-state index in [2.05, 4.69) is 16.9 Å². The highest BCUT2D eigenvalue weighted by molar-refractivity contribution is 7.22. The number of benzene rings is 2. The van der Waals surface area contributed by atoms with Crippen LogP contribution < -0.4 is 4.90 Å². The van der Waals surface area contributed by atoms with Crippen molar-refractivity contribution in [2.75, 3.05) is 11.4 Å². The monoisotopic (exact) mass is 494 g/mol. The number of halogens is 4. The molecule has 1 amide bonds. The predicted octanol–water partition coefficient (Wildman–Crippen LogP) is 6.23. The van der Waals surface area contributed by atoms with Crippen LogP contribution in [0.1, 0.15) is 34.8 Å². The topological polar surface area (TPSA) is 51.0 Å². The number of hydrogen-bond acceptors (Lipinski definition) is 4. The van der Waals surface area contributed by atoms with Gasteiger partial charge < -0.3 is 4.57 Å². The van der Waals surface area contributed by atoms with Crippen molar-refractivity contribution in [1.29, 1.82) is 0 Å². The number of imidazole rings is 1. The normalized spacial score (nSPS) is 11.4. The number of anilines is 1. The molecule has 2 aromatic carbocycles.